The average Bonchev–Trinajstić information content (AvgIpc) is 2.17. The number of hydrogen-bond acceptors (Lipinski definition) is 3. The molecule has 72 valence electrons. The highest BCUT2D eigenvalue weighted by atomic mass is 19.3. The quantitative estimate of drug-likeness (QED) is 0.747. The van der Waals surface area contributed by atoms with Crippen molar-refractivity contribution in [3.8, 4) is 0 Å². The predicted molar refractivity (Wildman–Crippen MR) is 41.2 cm³/mol. The number of aliphatic hydroxyl groups is 2. The molecular weight excluding hydrogens is 180 g/mol. The van der Waals surface area contributed by atoms with Crippen LogP contribution in [0.1, 0.15) is 23.8 Å². The van der Waals surface area contributed by atoms with Crippen LogP contribution in [0.5, 0.6) is 0 Å². The zero-order valence-corrected chi connectivity index (χ0v) is 6.69. The zero-order chi connectivity index (χ0) is 9.84. The lowest BCUT2D eigenvalue weighted by molar-refractivity contribution is 0.0950. The van der Waals surface area contributed by atoms with Gasteiger partial charge in [-0.25, -0.2) is 8.78 Å². The van der Waals surface area contributed by atoms with Crippen LogP contribution in [0.2, 0.25) is 0 Å². The van der Waals surface area contributed by atoms with Crippen LogP contribution in [0.15, 0.2) is 18.3 Å². The van der Waals surface area contributed by atoms with E-state index in [1.807, 2.05) is 0 Å². The van der Waals surface area contributed by atoms with Crippen LogP contribution in [0.3, 0.4) is 0 Å². The summed E-state index contributed by atoms with van der Waals surface area (Å²) in [5, 5.41) is 17.6. The van der Waals surface area contributed by atoms with Crippen molar-refractivity contribution in [2.45, 2.75) is 12.5 Å². The van der Waals surface area contributed by atoms with Gasteiger partial charge in [-0.05, 0) is 6.07 Å². The van der Waals surface area contributed by atoms with Gasteiger partial charge in [0.05, 0.1) is 6.61 Å². The number of pyridine rings is 1. The largest absolute Gasteiger partial charge is 0.393 e. The fourth-order valence-electron chi connectivity index (χ4n) is 0.848. The highest BCUT2D eigenvalue weighted by Crippen LogP contribution is 2.18. The van der Waals surface area contributed by atoms with Gasteiger partial charge in [0.2, 0.25) is 0 Å². The third kappa shape index (κ3) is 2.43. The summed E-state index contributed by atoms with van der Waals surface area (Å²) in [5.41, 5.74) is -0.0132. The van der Waals surface area contributed by atoms with Gasteiger partial charge in [0.15, 0.2) is 0 Å². The molecule has 1 rings (SSSR count). The van der Waals surface area contributed by atoms with Crippen molar-refractivity contribution in [1.29, 1.82) is 0 Å². The SMILES string of the molecule is OCC(O)c1ccc(C(F)F)nc1. The maximum Gasteiger partial charge on any atom is 0.280 e. The number of aliphatic hydroxyl groups excluding tert-OH is 2. The number of nitrogens with zero attached hydrogens (tertiary/aromatic N) is 1. The molecule has 0 aliphatic carbocycles. The first-order valence-corrected chi connectivity index (χ1v) is 3.68. The van der Waals surface area contributed by atoms with E-state index in [9.17, 15) is 8.78 Å². The third-order valence-corrected chi connectivity index (χ3v) is 1.59. The van der Waals surface area contributed by atoms with E-state index in [1.165, 1.54) is 6.07 Å². The molecule has 1 aromatic heterocycles. The molecule has 0 spiro atoms. The fourth-order valence-corrected chi connectivity index (χ4v) is 0.848. The van der Waals surface area contributed by atoms with Gasteiger partial charge >= 0.3 is 0 Å². The Morgan fingerprint density at radius 2 is 2.08 bits per heavy atom. The van der Waals surface area contributed by atoms with Gasteiger partial charge in [-0.3, -0.25) is 4.98 Å². The zero-order valence-electron chi connectivity index (χ0n) is 6.69. The molecule has 5 heteroatoms. The van der Waals surface area contributed by atoms with Gasteiger partial charge in [-0.1, -0.05) is 6.07 Å². The average molecular weight is 189 g/mol. The molecule has 0 aliphatic rings. The highest BCUT2D eigenvalue weighted by Gasteiger charge is 2.10. The first-order chi connectivity index (χ1) is 6.15. The monoisotopic (exact) mass is 189 g/mol. The lowest BCUT2D eigenvalue weighted by Gasteiger charge is -2.06. The smallest absolute Gasteiger partial charge is 0.280 e. The number of halogens is 2. The summed E-state index contributed by atoms with van der Waals surface area (Å²) in [4.78, 5) is 3.43. The summed E-state index contributed by atoms with van der Waals surface area (Å²) in [6, 6.07) is 2.44. The summed E-state index contributed by atoms with van der Waals surface area (Å²) in [5.74, 6) is 0. The first kappa shape index (κ1) is 10.0. The Bertz CT molecular complexity index is 263. The Kier molecular flexibility index (Phi) is 3.27. The molecule has 0 aliphatic heterocycles. The Hall–Kier alpha value is -1.07. The maximum absolute atomic E-state index is 12.0. The molecule has 0 radical (unpaired) electrons. The van der Waals surface area contributed by atoms with E-state index in [4.69, 9.17) is 10.2 Å². The Morgan fingerprint density at radius 3 is 2.46 bits per heavy atom. The second-order valence-electron chi connectivity index (χ2n) is 2.52. The summed E-state index contributed by atoms with van der Waals surface area (Å²) in [7, 11) is 0. The molecule has 0 fully saturated rings. The van der Waals surface area contributed by atoms with Gasteiger partial charge in [-0.15, -0.1) is 0 Å². The normalized spacial score (nSPS) is 13.3. The summed E-state index contributed by atoms with van der Waals surface area (Å²) in [6.07, 6.45) is -2.54. The van der Waals surface area contributed by atoms with Crippen molar-refractivity contribution in [3.63, 3.8) is 0 Å². The second kappa shape index (κ2) is 4.25. The van der Waals surface area contributed by atoms with Crippen LogP contribution in [-0.4, -0.2) is 21.8 Å². The Balaban J connectivity index is 2.81. The lowest BCUT2D eigenvalue weighted by atomic mass is 10.1. The van der Waals surface area contributed by atoms with Gasteiger partial charge in [-0.2, -0.15) is 0 Å². The Morgan fingerprint density at radius 1 is 1.38 bits per heavy atom. The van der Waals surface area contributed by atoms with Crippen LogP contribution in [0.25, 0.3) is 0 Å². The standard InChI is InChI=1S/C8H9F2NO2/c9-8(10)6-2-1-5(3-11-6)7(13)4-12/h1-3,7-8,12-13H,4H2. The minimum absolute atomic E-state index is 0.326. The van der Waals surface area contributed by atoms with E-state index in [1.54, 1.807) is 0 Å². The summed E-state index contributed by atoms with van der Waals surface area (Å²) in [6.45, 7) is -0.449. The van der Waals surface area contributed by atoms with Crippen LogP contribution in [0, 0.1) is 0 Å². The summed E-state index contributed by atoms with van der Waals surface area (Å²) >= 11 is 0. The van der Waals surface area contributed by atoms with Crippen molar-refractivity contribution in [3.05, 3.63) is 29.6 Å². The van der Waals surface area contributed by atoms with Gasteiger partial charge in [0, 0.05) is 11.8 Å². The molecule has 0 aromatic carbocycles. The molecular formula is C8H9F2NO2. The second-order valence-corrected chi connectivity index (χ2v) is 2.52. The topological polar surface area (TPSA) is 53.4 Å². The molecule has 0 saturated carbocycles. The molecule has 3 nitrogen and oxygen atoms in total. The van der Waals surface area contributed by atoms with E-state index in [2.05, 4.69) is 4.98 Å². The molecule has 0 saturated heterocycles. The van der Waals surface area contributed by atoms with Crippen molar-refractivity contribution < 1.29 is 19.0 Å². The van der Waals surface area contributed by atoms with Crippen molar-refractivity contribution >= 4 is 0 Å². The van der Waals surface area contributed by atoms with Crippen molar-refractivity contribution in [2.75, 3.05) is 6.61 Å². The minimum atomic E-state index is -2.61. The molecule has 1 aromatic rings. The highest BCUT2D eigenvalue weighted by molar-refractivity contribution is 5.16. The number of rotatable bonds is 3. The maximum atomic E-state index is 12.0. The fraction of sp³-hybridized carbons (Fsp3) is 0.375. The molecule has 1 atom stereocenters. The van der Waals surface area contributed by atoms with E-state index in [-0.39, 0.29) is 5.69 Å². The minimum Gasteiger partial charge on any atom is -0.393 e. The van der Waals surface area contributed by atoms with Gasteiger partial charge in [0.1, 0.15) is 11.8 Å². The molecule has 0 amide bonds. The number of alkyl halides is 2. The van der Waals surface area contributed by atoms with E-state index in [0.29, 0.717) is 5.56 Å². The molecule has 13 heavy (non-hydrogen) atoms. The van der Waals surface area contributed by atoms with Crippen LogP contribution < -0.4 is 0 Å². The third-order valence-electron chi connectivity index (χ3n) is 1.59. The molecule has 1 unspecified atom stereocenters. The Labute approximate surface area is 73.7 Å². The molecule has 0 bridgehead atoms. The molecule has 1 heterocycles. The number of hydrogen-bond donors (Lipinski definition) is 2. The first-order valence-electron chi connectivity index (χ1n) is 3.68. The number of aromatic nitrogens is 1. The van der Waals surface area contributed by atoms with E-state index >= 15 is 0 Å². The lowest BCUT2D eigenvalue weighted by Crippen LogP contribution is -2.03. The van der Waals surface area contributed by atoms with E-state index in [0.717, 1.165) is 12.3 Å². The molecule has 2 N–H and O–H groups in total. The van der Waals surface area contributed by atoms with Crippen LogP contribution >= 0.6 is 0 Å². The summed E-state index contributed by atoms with van der Waals surface area (Å²) < 4.78 is 24.0. The van der Waals surface area contributed by atoms with Crippen LogP contribution in [-0.2, 0) is 0 Å². The van der Waals surface area contributed by atoms with Crippen LogP contribution in [0.4, 0.5) is 8.78 Å². The van der Waals surface area contributed by atoms with Crippen molar-refractivity contribution in [2.24, 2.45) is 0 Å². The van der Waals surface area contributed by atoms with E-state index < -0.39 is 19.1 Å². The van der Waals surface area contributed by atoms with Gasteiger partial charge < -0.3 is 10.2 Å². The predicted octanol–water partition coefficient (Wildman–Crippen LogP) is 1.04. The van der Waals surface area contributed by atoms with Crippen molar-refractivity contribution in [1.82, 2.24) is 4.98 Å². The van der Waals surface area contributed by atoms with Gasteiger partial charge in [0.25, 0.3) is 6.43 Å².